The van der Waals surface area contributed by atoms with Crippen molar-refractivity contribution >= 4 is 35.3 Å². The van der Waals surface area contributed by atoms with Crippen molar-refractivity contribution in [1.82, 2.24) is 15.6 Å². The molecule has 1 aromatic rings. The molecule has 0 unspecified atom stereocenters. The van der Waals surface area contributed by atoms with Crippen molar-refractivity contribution < 1.29 is 22.8 Å². The predicted molar refractivity (Wildman–Crippen MR) is 83.9 cm³/mol. The highest BCUT2D eigenvalue weighted by atomic mass is 35.5. The molecular weight excluding hydrogens is 367 g/mol. The summed E-state index contributed by atoms with van der Waals surface area (Å²) in [6.07, 6.45) is -0.00296. The van der Waals surface area contributed by atoms with Crippen LogP contribution in [0.4, 0.5) is 18.0 Å². The zero-order valence-corrected chi connectivity index (χ0v) is 14.0. The van der Waals surface area contributed by atoms with Crippen LogP contribution in [-0.2, 0) is 11.0 Å². The summed E-state index contributed by atoms with van der Waals surface area (Å²) in [5.41, 5.74) is -0.961. The van der Waals surface area contributed by atoms with Gasteiger partial charge in [-0.3, -0.25) is 10.1 Å². The standard InChI is InChI=1S/C14H15ClF3N3O2S/c15-10-5-8(14(16,17)18)6-19-12(10)24-7-11(22)21-13(23)20-9-3-1-2-4-9/h5-6,9H,1-4,7H2,(H2,20,21,22,23). The van der Waals surface area contributed by atoms with E-state index >= 15 is 0 Å². The van der Waals surface area contributed by atoms with Crippen LogP contribution in [0.2, 0.25) is 5.02 Å². The van der Waals surface area contributed by atoms with Crippen molar-refractivity contribution in [2.24, 2.45) is 0 Å². The first-order chi connectivity index (χ1) is 11.3. The van der Waals surface area contributed by atoms with E-state index in [4.69, 9.17) is 11.6 Å². The van der Waals surface area contributed by atoms with Crippen LogP contribution in [0.3, 0.4) is 0 Å². The Balaban J connectivity index is 1.82. The van der Waals surface area contributed by atoms with Crippen LogP contribution in [0.1, 0.15) is 31.2 Å². The zero-order chi connectivity index (χ0) is 17.7. The Morgan fingerprint density at radius 1 is 1.33 bits per heavy atom. The SMILES string of the molecule is O=C(CSc1ncc(C(F)(F)F)cc1Cl)NC(=O)NC1CCCC1. The number of imide groups is 1. The van der Waals surface area contributed by atoms with Crippen molar-refractivity contribution in [3.8, 4) is 0 Å². The number of alkyl halides is 3. The van der Waals surface area contributed by atoms with E-state index < -0.39 is 23.7 Å². The number of hydrogen-bond donors (Lipinski definition) is 2. The zero-order valence-electron chi connectivity index (χ0n) is 12.5. The first kappa shape index (κ1) is 18.9. The summed E-state index contributed by atoms with van der Waals surface area (Å²) in [4.78, 5) is 26.9. The van der Waals surface area contributed by atoms with Crippen molar-refractivity contribution in [2.45, 2.75) is 42.9 Å². The van der Waals surface area contributed by atoms with Gasteiger partial charge in [0.05, 0.1) is 16.3 Å². The summed E-state index contributed by atoms with van der Waals surface area (Å²) >= 11 is 6.60. The molecule has 2 N–H and O–H groups in total. The Morgan fingerprint density at radius 3 is 2.58 bits per heavy atom. The topological polar surface area (TPSA) is 71.1 Å². The first-order valence-corrected chi connectivity index (χ1v) is 8.58. The second-order valence-electron chi connectivity index (χ2n) is 5.30. The molecule has 10 heteroatoms. The van der Waals surface area contributed by atoms with Crippen molar-refractivity contribution in [2.75, 3.05) is 5.75 Å². The molecule has 0 radical (unpaired) electrons. The molecule has 1 aliphatic rings. The normalized spacial score (nSPS) is 15.3. The van der Waals surface area contributed by atoms with Gasteiger partial charge >= 0.3 is 12.2 Å². The van der Waals surface area contributed by atoms with E-state index in [9.17, 15) is 22.8 Å². The van der Waals surface area contributed by atoms with E-state index in [-0.39, 0.29) is 21.8 Å². The van der Waals surface area contributed by atoms with Crippen LogP contribution in [0, 0.1) is 0 Å². The van der Waals surface area contributed by atoms with Crippen LogP contribution in [0.25, 0.3) is 0 Å². The average Bonchev–Trinajstić information content (AvgIpc) is 2.97. The highest BCUT2D eigenvalue weighted by Crippen LogP contribution is 2.33. The van der Waals surface area contributed by atoms with Crippen molar-refractivity contribution in [1.29, 1.82) is 0 Å². The van der Waals surface area contributed by atoms with Gasteiger partial charge in [0.25, 0.3) is 0 Å². The molecule has 0 aliphatic heterocycles. The van der Waals surface area contributed by atoms with Crippen LogP contribution in [0.5, 0.6) is 0 Å². The largest absolute Gasteiger partial charge is 0.417 e. The third-order valence-electron chi connectivity index (χ3n) is 3.42. The Hall–Kier alpha value is -1.48. The lowest BCUT2D eigenvalue weighted by Gasteiger charge is -2.12. The minimum Gasteiger partial charge on any atom is -0.335 e. The van der Waals surface area contributed by atoms with Crippen LogP contribution in [-0.4, -0.2) is 28.7 Å². The lowest BCUT2D eigenvalue weighted by atomic mass is 10.2. The van der Waals surface area contributed by atoms with Gasteiger partial charge in [0.2, 0.25) is 5.91 Å². The van der Waals surface area contributed by atoms with E-state index in [1.165, 1.54) is 0 Å². The monoisotopic (exact) mass is 381 g/mol. The fourth-order valence-electron chi connectivity index (χ4n) is 2.27. The molecule has 132 valence electrons. The van der Waals surface area contributed by atoms with E-state index in [1.54, 1.807) is 0 Å². The number of pyridine rings is 1. The van der Waals surface area contributed by atoms with Gasteiger partial charge in [0.15, 0.2) is 0 Å². The first-order valence-electron chi connectivity index (χ1n) is 7.21. The molecule has 0 bridgehead atoms. The number of thioether (sulfide) groups is 1. The number of nitrogens with one attached hydrogen (secondary N) is 2. The molecule has 0 atom stereocenters. The third kappa shape index (κ3) is 5.55. The van der Waals surface area contributed by atoms with Gasteiger partial charge in [-0.15, -0.1) is 0 Å². The van der Waals surface area contributed by atoms with Gasteiger partial charge in [-0.05, 0) is 18.9 Å². The molecule has 1 fully saturated rings. The summed E-state index contributed by atoms with van der Waals surface area (Å²) < 4.78 is 37.5. The second-order valence-corrected chi connectivity index (χ2v) is 6.67. The van der Waals surface area contributed by atoms with E-state index in [0.717, 1.165) is 43.5 Å². The molecular formula is C14H15ClF3N3O2S. The number of carbonyl (C=O) groups is 2. The highest BCUT2D eigenvalue weighted by molar-refractivity contribution is 8.00. The molecule has 5 nitrogen and oxygen atoms in total. The number of carbonyl (C=O) groups excluding carboxylic acids is 2. The number of amides is 3. The summed E-state index contributed by atoms with van der Waals surface area (Å²) in [6, 6.07) is 0.261. The molecule has 1 aromatic heterocycles. The molecule has 2 rings (SSSR count). The maximum absolute atomic E-state index is 12.5. The van der Waals surface area contributed by atoms with Gasteiger partial charge in [-0.1, -0.05) is 36.2 Å². The fourth-order valence-corrected chi connectivity index (χ4v) is 3.27. The van der Waals surface area contributed by atoms with Gasteiger partial charge in [-0.2, -0.15) is 13.2 Å². The number of halogens is 4. The molecule has 1 saturated carbocycles. The molecule has 1 heterocycles. The molecule has 3 amide bonds. The lowest BCUT2D eigenvalue weighted by Crippen LogP contribution is -2.44. The third-order valence-corrected chi connectivity index (χ3v) is 4.82. The molecule has 24 heavy (non-hydrogen) atoms. The van der Waals surface area contributed by atoms with E-state index in [0.29, 0.717) is 6.20 Å². The van der Waals surface area contributed by atoms with Gasteiger partial charge in [0.1, 0.15) is 5.03 Å². The number of aromatic nitrogens is 1. The Morgan fingerprint density at radius 2 is 2.00 bits per heavy atom. The molecule has 0 aromatic carbocycles. The van der Waals surface area contributed by atoms with Crippen LogP contribution in [0.15, 0.2) is 17.3 Å². The van der Waals surface area contributed by atoms with E-state index in [1.807, 2.05) is 0 Å². The summed E-state index contributed by atoms with van der Waals surface area (Å²) in [5, 5.41) is 4.77. The maximum atomic E-state index is 12.5. The highest BCUT2D eigenvalue weighted by Gasteiger charge is 2.31. The van der Waals surface area contributed by atoms with Gasteiger partial charge in [0, 0.05) is 12.2 Å². The van der Waals surface area contributed by atoms with E-state index in [2.05, 4.69) is 15.6 Å². The number of urea groups is 1. The Bertz CT molecular complexity index is 622. The minimum absolute atomic E-state index is 0.0801. The summed E-state index contributed by atoms with van der Waals surface area (Å²) in [7, 11) is 0. The number of hydrogen-bond acceptors (Lipinski definition) is 4. The molecule has 1 aliphatic carbocycles. The summed E-state index contributed by atoms with van der Waals surface area (Å²) in [6.45, 7) is 0. The summed E-state index contributed by atoms with van der Waals surface area (Å²) in [5.74, 6) is -0.760. The van der Waals surface area contributed by atoms with Crippen molar-refractivity contribution in [3.05, 3.63) is 22.8 Å². The Labute approximate surface area is 145 Å². The van der Waals surface area contributed by atoms with Crippen LogP contribution >= 0.6 is 23.4 Å². The average molecular weight is 382 g/mol. The van der Waals surface area contributed by atoms with Gasteiger partial charge < -0.3 is 5.32 Å². The lowest BCUT2D eigenvalue weighted by molar-refractivity contribution is -0.137. The number of rotatable bonds is 4. The van der Waals surface area contributed by atoms with Crippen LogP contribution < -0.4 is 10.6 Å². The smallest absolute Gasteiger partial charge is 0.335 e. The predicted octanol–water partition coefficient (Wildman–Crippen LogP) is 3.61. The fraction of sp³-hybridized carbons (Fsp3) is 0.500. The Kier molecular flexibility index (Phi) is 6.34. The maximum Gasteiger partial charge on any atom is 0.417 e. The quantitative estimate of drug-likeness (QED) is 0.781. The molecule has 0 saturated heterocycles. The molecule has 0 spiro atoms. The minimum atomic E-state index is -4.53. The van der Waals surface area contributed by atoms with Gasteiger partial charge in [-0.25, -0.2) is 9.78 Å². The second kappa shape index (κ2) is 8.06. The van der Waals surface area contributed by atoms with Crippen molar-refractivity contribution in [3.63, 3.8) is 0 Å². The number of nitrogens with zero attached hydrogens (tertiary/aromatic N) is 1.